The molecule has 2 aliphatic heterocycles. The zero-order chi connectivity index (χ0) is 20.7. The third-order valence-corrected chi connectivity index (χ3v) is 7.21. The Hall–Kier alpha value is -2.25. The quantitative estimate of drug-likeness (QED) is 0.801. The van der Waals surface area contributed by atoms with Gasteiger partial charge in [0.2, 0.25) is 11.8 Å². The van der Waals surface area contributed by atoms with Crippen LogP contribution in [-0.2, 0) is 16.0 Å². The van der Waals surface area contributed by atoms with Crippen LogP contribution in [0.25, 0.3) is 11.3 Å². The molecule has 1 N–H and O–H groups in total. The summed E-state index contributed by atoms with van der Waals surface area (Å²) in [6, 6.07) is 6.75. The van der Waals surface area contributed by atoms with Crippen LogP contribution in [0, 0.1) is 12.8 Å². The van der Waals surface area contributed by atoms with Crippen molar-refractivity contribution in [3.63, 3.8) is 0 Å². The number of thiazole rings is 1. The number of likely N-dealkylation sites (tertiary alicyclic amines) is 1. The highest BCUT2D eigenvalue weighted by Gasteiger charge is 2.32. The van der Waals surface area contributed by atoms with Crippen molar-refractivity contribution >= 4 is 28.8 Å². The number of carbonyl (C=O) groups is 2. The fourth-order valence-electron chi connectivity index (χ4n) is 4.49. The first-order valence-electron chi connectivity index (χ1n) is 11.0. The van der Waals surface area contributed by atoms with E-state index in [0.29, 0.717) is 12.6 Å². The molecule has 1 aliphatic carbocycles. The summed E-state index contributed by atoms with van der Waals surface area (Å²) in [5.74, 6) is 0.479. The average Bonchev–Trinajstić information content (AvgIpc) is 3.28. The Labute approximate surface area is 181 Å². The van der Waals surface area contributed by atoms with Crippen LogP contribution >= 0.6 is 11.3 Å². The zero-order valence-corrected chi connectivity index (χ0v) is 18.2. The molecule has 3 heterocycles. The van der Waals surface area contributed by atoms with E-state index in [1.54, 1.807) is 11.3 Å². The van der Waals surface area contributed by atoms with Gasteiger partial charge in [-0.15, -0.1) is 11.3 Å². The SMILES string of the molecule is Cc1nc(-c2ccc3c(c2)CCN3C(=O)CN2CCC(C(=O)NC3CC3)CC2)cs1. The number of nitrogens with one attached hydrogen (secondary N) is 1. The molecule has 0 unspecified atom stereocenters. The number of aromatic nitrogens is 1. The Kier molecular flexibility index (Phi) is 5.33. The predicted molar refractivity (Wildman–Crippen MR) is 119 cm³/mol. The molecule has 2 aromatic rings. The average molecular weight is 425 g/mol. The summed E-state index contributed by atoms with van der Waals surface area (Å²) < 4.78 is 0. The van der Waals surface area contributed by atoms with Crippen LogP contribution in [0.4, 0.5) is 5.69 Å². The first-order chi connectivity index (χ1) is 14.6. The van der Waals surface area contributed by atoms with E-state index in [1.807, 2.05) is 11.8 Å². The van der Waals surface area contributed by atoms with Crippen LogP contribution in [-0.4, -0.2) is 53.9 Å². The highest BCUT2D eigenvalue weighted by atomic mass is 32.1. The van der Waals surface area contributed by atoms with Crippen LogP contribution in [0.2, 0.25) is 0 Å². The zero-order valence-electron chi connectivity index (χ0n) is 17.4. The summed E-state index contributed by atoms with van der Waals surface area (Å²) in [6.07, 6.45) is 4.84. The van der Waals surface area contributed by atoms with Crippen molar-refractivity contribution in [2.75, 3.05) is 31.1 Å². The summed E-state index contributed by atoms with van der Waals surface area (Å²) in [5, 5.41) is 6.27. The first kappa shape index (κ1) is 19.7. The first-order valence-corrected chi connectivity index (χ1v) is 11.8. The van der Waals surface area contributed by atoms with Crippen LogP contribution < -0.4 is 10.2 Å². The number of carbonyl (C=O) groups excluding carboxylic acids is 2. The lowest BCUT2D eigenvalue weighted by Crippen LogP contribution is -2.45. The summed E-state index contributed by atoms with van der Waals surface area (Å²) >= 11 is 1.66. The van der Waals surface area contributed by atoms with E-state index < -0.39 is 0 Å². The minimum absolute atomic E-state index is 0.109. The second kappa shape index (κ2) is 8.12. The number of benzene rings is 1. The molecule has 1 aromatic carbocycles. The molecular weight excluding hydrogens is 396 g/mol. The van der Waals surface area contributed by atoms with E-state index in [9.17, 15) is 9.59 Å². The molecule has 5 rings (SSSR count). The van der Waals surface area contributed by atoms with Gasteiger partial charge in [0.1, 0.15) is 0 Å². The normalized spacial score (nSPS) is 19.7. The molecule has 1 saturated heterocycles. The van der Waals surface area contributed by atoms with Crippen molar-refractivity contribution in [3.05, 3.63) is 34.2 Å². The molecule has 7 heteroatoms. The number of nitrogens with zero attached hydrogens (tertiary/aromatic N) is 3. The van der Waals surface area contributed by atoms with Gasteiger partial charge < -0.3 is 10.2 Å². The second-order valence-electron chi connectivity index (χ2n) is 8.72. The van der Waals surface area contributed by atoms with Gasteiger partial charge in [0.25, 0.3) is 0 Å². The molecule has 0 spiro atoms. The lowest BCUT2D eigenvalue weighted by Gasteiger charge is -2.32. The summed E-state index contributed by atoms with van der Waals surface area (Å²) in [6.45, 7) is 4.83. The van der Waals surface area contributed by atoms with Gasteiger partial charge in [-0.1, -0.05) is 6.07 Å². The number of anilines is 1. The Bertz CT molecular complexity index is 960. The van der Waals surface area contributed by atoms with Crippen molar-refractivity contribution in [1.29, 1.82) is 0 Å². The largest absolute Gasteiger partial charge is 0.353 e. The highest BCUT2D eigenvalue weighted by molar-refractivity contribution is 7.09. The Morgan fingerprint density at radius 2 is 1.97 bits per heavy atom. The van der Waals surface area contributed by atoms with Crippen molar-refractivity contribution < 1.29 is 9.59 Å². The molecule has 2 amide bonds. The van der Waals surface area contributed by atoms with E-state index in [-0.39, 0.29) is 17.7 Å². The molecule has 0 bridgehead atoms. The second-order valence-corrected chi connectivity index (χ2v) is 9.79. The third kappa shape index (κ3) is 4.14. The summed E-state index contributed by atoms with van der Waals surface area (Å²) in [7, 11) is 0. The van der Waals surface area contributed by atoms with E-state index in [4.69, 9.17) is 0 Å². The summed E-state index contributed by atoms with van der Waals surface area (Å²) in [5.41, 5.74) is 4.40. The molecule has 3 aliphatic rings. The van der Waals surface area contributed by atoms with Gasteiger partial charge in [-0.05, 0) is 69.8 Å². The van der Waals surface area contributed by atoms with Crippen LogP contribution in [0.3, 0.4) is 0 Å². The fraction of sp³-hybridized carbons (Fsp3) is 0.522. The van der Waals surface area contributed by atoms with Crippen molar-refractivity contribution in [3.8, 4) is 11.3 Å². The highest BCUT2D eigenvalue weighted by Crippen LogP contribution is 2.33. The minimum Gasteiger partial charge on any atom is -0.353 e. The maximum absolute atomic E-state index is 13.0. The number of aryl methyl sites for hydroxylation is 1. The van der Waals surface area contributed by atoms with Crippen molar-refractivity contribution in [2.24, 2.45) is 5.92 Å². The standard InChI is InChI=1S/C23H28N4O2S/c1-15-24-20(14-30-15)17-2-5-21-18(12-17)8-11-27(21)22(28)13-26-9-6-16(7-10-26)23(29)25-19-3-4-19/h2,5,12,14,16,19H,3-4,6-11,13H2,1H3,(H,25,29). The van der Waals surface area contributed by atoms with Crippen LogP contribution in [0.5, 0.6) is 0 Å². The maximum Gasteiger partial charge on any atom is 0.241 e. The predicted octanol–water partition coefficient (Wildman–Crippen LogP) is 3.00. The monoisotopic (exact) mass is 424 g/mol. The Morgan fingerprint density at radius 3 is 2.67 bits per heavy atom. The molecule has 30 heavy (non-hydrogen) atoms. The molecule has 2 fully saturated rings. The van der Waals surface area contributed by atoms with Gasteiger partial charge in [0.15, 0.2) is 0 Å². The molecule has 1 saturated carbocycles. The lowest BCUT2D eigenvalue weighted by atomic mass is 9.96. The van der Waals surface area contributed by atoms with Gasteiger partial charge in [0.05, 0.1) is 17.2 Å². The molecule has 0 radical (unpaired) electrons. The number of hydrogen-bond acceptors (Lipinski definition) is 5. The molecule has 1 aromatic heterocycles. The number of piperidine rings is 1. The van der Waals surface area contributed by atoms with Gasteiger partial charge >= 0.3 is 0 Å². The Morgan fingerprint density at radius 1 is 1.17 bits per heavy atom. The smallest absolute Gasteiger partial charge is 0.241 e. The Balaban J connectivity index is 1.17. The lowest BCUT2D eigenvalue weighted by molar-refractivity contribution is -0.126. The molecule has 158 valence electrons. The number of rotatable bonds is 5. The topological polar surface area (TPSA) is 65.5 Å². The van der Waals surface area contributed by atoms with Crippen molar-refractivity contribution in [2.45, 2.75) is 45.1 Å². The van der Waals surface area contributed by atoms with Gasteiger partial charge in [-0.2, -0.15) is 0 Å². The maximum atomic E-state index is 13.0. The number of amides is 2. The van der Waals surface area contributed by atoms with Crippen molar-refractivity contribution in [1.82, 2.24) is 15.2 Å². The number of hydrogen-bond donors (Lipinski definition) is 1. The molecule has 6 nitrogen and oxygen atoms in total. The third-order valence-electron chi connectivity index (χ3n) is 6.43. The van der Waals surface area contributed by atoms with E-state index >= 15 is 0 Å². The fourth-order valence-corrected chi connectivity index (χ4v) is 5.11. The van der Waals surface area contributed by atoms with Crippen LogP contribution in [0.1, 0.15) is 36.3 Å². The van der Waals surface area contributed by atoms with E-state index in [1.165, 1.54) is 5.56 Å². The molecule has 0 atom stereocenters. The molecular formula is C23H28N4O2S. The van der Waals surface area contributed by atoms with Gasteiger partial charge in [-0.3, -0.25) is 14.5 Å². The minimum atomic E-state index is 0.109. The van der Waals surface area contributed by atoms with Gasteiger partial charge in [-0.25, -0.2) is 4.98 Å². The van der Waals surface area contributed by atoms with Gasteiger partial charge in [0, 0.05) is 35.1 Å². The number of fused-ring (bicyclic) bond motifs is 1. The van der Waals surface area contributed by atoms with E-state index in [0.717, 1.165) is 73.7 Å². The van der Waals surface area contributed by atoms with E-state index in [2.05, 4.69) is 38.8 Å². The van der Waals surface area contributed by atoms with Crippen LogP contribution in [0.15, 0.2) is 23.6 Å². The summed E-state index contributed by atoms with van der Waals surface area (Å²) in [4.78, 5) is 34.0.